The van der Waals surface area contributed by atoms with Gasteiger partial charge in [0.25, 0.3) is 0 Å². The molecule has 0 aliphatic heterocycles. The van der Waals surface area contributed by atoms with Gasteiger partial charge in [-0.2, -0.15) is 39.5 Å². The van der Waals surface area contributed by atoms with Gasteiger partial charge in [0.05, 0.1) is 5.56 Å². The van der Waals surface area contributed by atoms with Crippen LogP contribution >= 0.6 is 0 Å². The summed E-state index contributed by atoms with van der Waals surface area (Å²) in [7, 11) is 0. The molecule has 0 bridgehead atoms. The van der Waals surface area contributed by atoms with Gasteiger partial charge in [0.1, 0.15) is 0 Å². The number of carbonyl (C=O) groups excluding carboxylic acids is 1. The van der Waals surface area contributed by atoms with Crippen molar-refractivity contribution < 1.29 is 44.3 Å². The van der Waals surface area contributed by atoms with Crippen molar-refractivity contribution in [1.82, 2.24) is 0 Å². The van der Waals surface area contributed by atoms with Gasteiger partial charge in [0.2, 0.25) is 11.3 Å². The molecule has 0 fully saturated rings. The molecule has 0 unspecified atom stereocenters. The maximum atomic E-state index is 12.9. The van der Waals surface area contributed by atoms with Gasteiger partial charge in [0.15, 0.2) is 0 Å². The van der Waals surface area contributed by atoms with Crippen LogP contribution in [0.3, 0.4) is 0 Å². The summed E-state index contributed by atoms with van der Waals surface area (Å²) in [5.74, 6) is -2.50. The average Bonchev–Trinajstić information content (AvgIpc) is 2.35. The van der Waals surface area contributed by atoms with Crippen LogP contribution < -0.4 is 5.32 Å². The molecule has 0 radical (unpaired) electrons. The minimum atomic E-state index is -5.98. The largest absolute Gasteiger partial charge is 0.416 e. The molecule has 0 heterocycles. The number of amides is 1. The van der Waals surface area contributed by atoms with E-state index in [-0.39, 0.29) is 6.07 Å². The van der Waals surface area contributed by atoms with Crippen LogP contribution in [0.15, 0.2) is 24.3 Å². The van der Waals surface area contributed by atoms with Crippen LogP contribution in [0.25, 0.3) is 0 Å². The van der Waals surface area contributed by atoms with E-state index in [1.54, 1.807) is 0 Å². The lowest BCUT2D eigenvalue weighted by Crippen LogP contribution is -2.57. The van der Waals surface area contributed by atoms with E-state index in [0.29, 0.717) is 13.0 Å². The lowest BCUT2D eigenvalue weighted by atomic mass is 9.82. The average molecular weight is 367 g/mol. The van der Waals surface area contributed by atoms with Crippen LogP contribution in [0.2, 0.25) is 0 Å². The molecule has 0 spiro atoms. The van der Waals surface area contributed by atoms with Crippen LogP contribution in [0, 0.1) is 5.41 Å². The van der Waals surface area contributed by atoms with Gasteiger partial charge in [-0.1, -0.05) is 13.0 Å². The molecule has 0 aliphatic carbocycles. The lowest BCUT2D eigenvalue weighted by Gasteiger charge is -2.35. The molecule has 11 heteroatoms. The van der Waals surface area contributed by atoms with Gasteiger partial charge in [-0.3, -0.25) is 4.79 Å². The van der Waals surface area contributed by atoms with E-state index >= 15 is 0 Å². The van der Waals surface area contributed by atoms with Gasteiger partial charge in [-0.25, -0.2) is 0 Å². The summed E-state index contributed by atoms with van der Waals surface area (Å²) in [6, 6.07) is 2.29. The van der Waals surface area contributed by atoms with E-state index in [2.05, 4.69) is 0 Å². The fourth-order valence-corrected chi connectivity index (χ4v) is 1.99. The molecular weight excluding hydrogens is 357 g/mol. The fourth-order valence-electron chi connectivity index (χ4n) is 1.99. The molecule has 0 saturated carbocycles. The minimum Gasteiger partial charge on any atom is -0.325 e. The zero-order valence-corrected chi connectivity index (χ0v) is 11.8. The molecule has 0 aliphatic rings. The predicted molar refractivity (Wildman–Crippen MR) is 64.9 cm³/mol. The lowest BCUT2D eigenvalue weighted by molar-refractivity contribution is -0.324. The molecule has 1 amide bonds. The smallest absolute Gasteiger partial charge is 0.325 e. The van der Waals surface area contributed by atoms with Gasteiger partial charge in [0, 0.05) is 5.69 Å². The molecule has 0 aromatic heterocycles. The molecule has 24 heavy (non-hydrogen) atoms. The Morgan fingerprint density at radius 1 is 0.958 bits per heavy atom. The van der Waals surface area contributed by atoms with Gasteiger partial charge < -0.3 is 5.32 Å². The van der Waals surface area contributed by atoms with Crippen molar-refractivity contribution in [3.05, 3.63) is 29.8 Å². The molecule has 136 valence electrons. The SMILES string of the molecule is CCC(C(=O)Nc1cccc(C(F)(F)F)c1)(C(F)(F)F)C(F)(F)F. The number of anilines is 1. The van der Waals surface area contributed by atoms with Crippen molar-refractivity contribution in [2.45, 2.75) is 31.9 Å². The summed E-state index contributed by atoms with van der Waals surface area (Å²) >= 11 is 0. The normalized spacial score (nSPS) is 13.8. The summed E-state index contributed by atoms with van der Waals surface area (Å²) in [6.45, 7) is 0.507. The highest BCUT2D eigenvalue weighted by Crippen LogP contribution is 2.53. The van der Waals surface area contributed by atoms with Crippen molar-refractivity contribution in [1.29, 1.82) is 0 Å². The maximum absolute atomic E-state index is 12.9. The second-order valence-electron chi connectivity index (χ2n) is 4.79. The summed E-state index contributed by atoms with van der Waals surface area (Å²) in [5.41, 5.74) is -6.89. The molecule has 2 nitrogen and oxygen atoms in total. The second-order valence-corrected chi connectivity index (χ2v) is 4.79. The maximum Gasteiger partial charge on any atom is 0.416 e. The number of hydrogen-bond acceptors (Lipinski definition) is 1. The Morgan fingerprint density at radius 2 is 1.46 bits per heavy atom. The highest BCUT2D eigenvalue weighted by Gasteiger charge is 2.74. The van der Waals surface area contributed by atoms with E-state index < -0.39 is 47.5 Å². The first-order valence-corrected chi connectivity index (χ1v) is 6.29. The first-order chi connectivity index (χ1) is 10.7. The number of rotatable bonds is 3. The number of alkyl halides is 9. The molecule has 1 rings (SSSR count). The molecule has 0 saturated heterocycles. The van der Waals surface area contributed by atoms with Crippen molar-refractivity contribution in [2.24, 2.45) is 5.41 Å². The van der Waals surface area contributed by atoms with E-state index in [1.165, 1.54) is 5.32 Å². The first-order valence-electron chi connectivity index (χ1n) is 6.29. The van der Waals surface area contributed by atoms with Crippen molar-refractivity contribution in [3.63, 3.8) is 0 Å². The highest BCUT2D eigenvalue weighted by molar-refractivity contribution is 5.96. The quantitative estimate of drug-likeness (QED) is 0.735. The molecule has 1 aromatic carbocycles. The van der Waals surface area contributed by atoms with Gasteiger partial charge >= 0.3 is 18.5 Å². The number of hydrogen-bond donors (Lipinski definition) is 1. The van der Waals surface area contributed by atoms with E-state index in [1.807, 2.05) is 0 Å². The predicted octanol–water partition coefficient (Wildman–Crippen LogP) is 5.16. The number of carbonyl (C=O) groups is 1. The summed E-state index contributed by atoms with van der Waals surface area (Å²) in [5, 5.41) is 1.28. The molecule has 1 N–H and O–H groups in total. The molecular formula is C13H10F9NO. The van der Waals surface area contributed by atoms with Crippen LogP contribution in [0.5, 0.6) is 0 Å². The zero-order chi connectivity index (χ0) is 19.0. The number of halogens is 9. The second kappa shape index (κ2) is 6.17. The van der Waals surface area contributed by atoms with Crippen LogP contribution in [0.4, 0.5) is 45.2 Å². The van der Waals surface area contributed by atoms with Crippen molar-refractivity contribution >= 4 is 11.6 Å². The van der Waals surface area contributed by atoms with Crippen LogP contribution in [-0.4, -0.2) is 18.3 Å². The number of nitrogens with one attached hydrogen (secondary N) is 1. The molecule has 1 aromatic rings. The Kier molecular flexibility index (Phi) is 5.17. The Balaban J connectivity index is 3.29. The fraction of sp³-hybridized carbons (Fsp3) is 0.462. The monoisotopic (exact) mass is 367 g/mol. The third kappa shape index (κ3) is 3.59. The Labute approximate surface area is 129 Å². The van der Waals surface area contributed by atoms with E-state index in [4.69, 9.17) is 0 Å². The van der Waals surface area contributed by atoms with E-state index in [9.17, 15) is 44.3 Å². The molecule has 0 atom stereocenters. The standard InChI is InChI=1S/C13H10F9NO/c1-2-10(12(17,18)19,13(20,21)22)9(24)23-8-5-3-4-7(6-8)11(14,15)16/h3-6H,2H2,1H3,(H,23,24). The van der Waals surface area contributed by atoms with Crippen molar-refractivity contribution in [2.75, 3.05) is 5.32 Å². The number of benzene rings is 1. The first kappa shape index (κ1) is 20.1. The minimum absolute atomic E-state index is 0.241. The Hall–Kier alpha value is -1.94. The topological polar surface area (TPSA) is 29.1 Å². The highest BCUT2D eigenvalue weighted by atomic mass is 19.4. The van der Waals surface area contributed by atoms with Gasteiger partial charge in [-0.05, 0) is 24.6 Å². The van der Waals surface area contributed by atoms with E-state index in [0.717, 1.165) is 12.1 Å². The Morgan fingerprint density at radius 3 is 1.83 bits per heavy atom. The van der Waals surface area contributed by atoms with Gasteiger partial charge in [-0.15, -0.1) is 0 Å². The zero-order valence-electron chi connectivity index (χ0n) is 11.8. The third-order valence-electron chi connectivity index (χ3n) is 3.33. The van der Waals surface area contributed by atoms with Crippen LogP contribution in [-0.2, 0) is 11.0 Å². The van der Waals surface area contributed by atoms with Crippen LogP contribution in [0.1, 0.15) is 18.9 Å². The Bertz CT molecular complexity index is 587. The van der Waals surface area contributed by atoms with Crippen molar-refractivity contribution in [3.8, 4) is 0 Å². The third-order valence-corrected chi connectivity index (χ3v) is 3.33. The summed E-state index contributed by atoms with van der Waals surface area (Å²) in [4.78, 5) is 11.7. The summed E-state index contributed by atoms with van der Waals surface area (Å²) < 4.78 is 115. The summed E-state index contributed by atoms with van der Waals surface area (Å²) in [6.07, 6.45) is -18.5.